The molecule has 0 saturated carbocycles. The van der Waals surface area contributed by atoms with E-state index in [9.17, 15) is 0 Å². The van der Waals surface area contributed by atoms with Gasteiger partial charge in [0.15, 0.2) is 5.82 Å². The fourth-order valence-electron chi connectivity index (χ4n) is 2.57. The van der Waals surface area contributed by atoms with Gasteiger partial charge in [0.1, 0.15) is 0 Å². The van der Waals surface area contributed by atoms with Crippen LogP contribution in [0.25, 0.3) is 0 Å². The molecule has 0 fully saturated rings. The van der Waals surface area contributed by atoms with E-state index in [4.69, 9.17) is 0 Å². The molecular formula is C19H20BrN5. The van der Waals surface area contributed by atoms with Crippen molar-refractivity contribution in [3.63, 3.8) is 0 Å². The Hall–Kier alpha value is -2.47. The standard InChI is InChI=1S/C19H20BrN5/c1-12(2)14-8-6-7-13(3)18(14)23-17-11-21-25-19(24-17)22-16-10-5-4-9-15(16)20/h4-12H,1-3H3,(H2,22,23,24,25). The number of nitrogens with one attached hydrogen (secondary N) is 2. The number of aryl methyl sites for hydroxylation is 1. The molecule has 0 bridgehead atoms. The molecule has 128 valence electrons. The topological polar surface area (TPSA) is 62.7 Å². The summed E-state index contributed by atoms with van der Waals surface area (Å²) in [6.07, 6.45) is 1.63. The van der Waals surface area contributed by atoms with Crippen molar-refractivity contribution in [1.82, 2.24) is 15.2 Å². The number of hydrogen-bond donors (Lipinski definition) is 2. The molecule has 0 amide bonds. The Morgan fingerprint density at radius 3 is 2.56 bits per heavy atom. The number of benzene rings is 2. The number of anilines is 4. The molecule has 1 heterocycles. The molecule has 2 aromatic carbocycles. The number of nitrogens with zero attached hydrogens (tertiary/aromatic N) is 3. The van der Waals surface area contributed by atoms with Gasteiger partial charge in [-0.15, -0.1) is 5.10 Å². The highest BCUT2D eigenvalue weighted by Gasteiger charge is 2.11. The zero-order chi connectivity index (χ0) is 17.8. The van der Waals surface area contributed by atoms with E-state index in [0.717, 1.165) is 15.8 Å². The highest BCUT2D eigenvalue weighted by molar-refractivity contribution is 9.10. The summed E-state index contributed by atoms with van der Waals surface area (Å²) in [6.45, 7) is 6.44. The molecule has 0 aliphatic rings. The molecule has 2 N–H and O–H groups in total. The molecule has 0 aliphatic heterocycles. The molecule has 0 aliphatic carbocycles. The van der Waals surface area contributed by atoms with Gasteiger partial charge in [0.05, 0.1) is 11.9 Å². The zero-order valence-electron chi connectivity index (χ0n) is 14.4. The Balaban J connectivity index is 1.87. The number of para-hydroxylation sites is 2. The maximum atomic E-state index is 4.53. The van der Waals surface area contributed by atoms with Gasteiger partial charge in [-0.3, -0.25) is 0 Å². The maximum absolute atomic E-state index is 4.53. The van der Waals surface area contributed by atoms with E-state index in [1.807, 2.05) is 24.3 Å². The van der Waals surface area contributed by atoms with Crippen molar-refractivity contribution < 1.29 is 0 Å². The summed E-state index contributed by atoms with van der Waals surface area (Å²) in [6, 6.07) is 14.1. The van der Waals surface area contributed by atoms with Crippen LogP contribution in [0.3, 0.4) is 0 Å². The second-order valence-electron chi connectivity index (χ2n) is 6.09. The lowest BCUT2D eigenvalue weighted by atomic mass is 9.98. The lowest BCUT2D eigenvalue weighted by Crippen LogP contribution is -2.05. The molecule has 3 rings (SSSR count). The van der Waals surface area contributed by atoms with Gasteiger partial charge in [0, 0.05) is 10.2 Å². The van der Waals surface area contributed by atoms with Crippen LogP contribution in [0.4, 0.5) is 23.1 Å². The van der Waals surface area contributed by atoms with E-state index < -0.39 is 0 Å². The van der Waals surface area contributed by atoms with E-state index in [1.165, 1.54) is 11.1 Å². The average molecular weight is 398 g/mol. The Morgan fingerprint density at radius 1 is 1.00 bits per heavy atom. The van der Waals surface area contributed by atoms with Gasteiger partial charge < -0.3 is 10.6 Å². The summed E-state index contributed by atoms with van der Waals surface area (Å²) in [5.74, 6) is 1.51. The summed E-state index contributed by atoms with van der Waals surface area (Å²) >= 11 is 3.51. The van der Waals surface area contributed by atoms with Crippen LogP contribution in [-0.2, 0) is 0 Å². The number of rotatable bonds is 5. The molecule has 3 aromatic rings. The van der Waals surface area contributed by atoms with Crippen molar-refractivity contribution in [1.29, 1.82) is 0 Å². The number of aromatic nitrogens is 3. The molecule has 0 unspecified atom stereocenters. The minimum atomic E-state index is 0.412. The lowest BCUT2D eigenvalue weighted by Gasteiger charge is -2.17. The highest BCUT2D eigenvalue weighted by atomic mass is 79.9. The Morgan fingerprint density at radius 2 is 1.80 bits per heavy atom. The minimum absolute atomic E-state index is 0.412. The van der Waals surface area contributed by atoms with Crippen molar-refractivity contribution >= 4 is 39.1 Å². The third-order valence-corrected chi connectivity index (χ3v) is 4.55. The van der Waals surface area contributed by atoms with Gasteiger partial charge in [0.25, 0.3) is 0 Å². The molecule has 6 heteroatoms. The molecule has 5 nitrogen and oxygen atoms in total. The highest BCUT2D eigenvalue weighted by Crippen LogP contribution is 2.30. The van der Waals surface area contributed by atoms with Gasteiger partial charge >= 0.3 is 0 Å². The lowest BCUT2D eigenvalue weighted by molar-refractivity contribution is 0.866. The quantitative estimate of drug-likeness (QED) is 0.590. The smallest absolute Gasteiger partial charge is 0.249 e. The van der Waals surface area contributed by atoms with Crippen LogP contribution >= 0.6 is 15.9 Å². The van der Waals surface area contributed by atoms with Crippen molar-refractivity contribution in [2.75, 3.05) is 10.6 Å². The average Bonchev–Trinajstić information content (AvgIpc) is 2.59. The molecule has 0 spiro atoms. The van der Waals surface area contributed by atoms with E-state index >= 15 is 0 Å². The Bertz CT molecular complexity index is 879. The fraction of sp³-hybridized carbons (Fsp3) is 0.211. The van der Waals surface area contributed by atoms with E-state index in [-0.39, 0.29) is 0 Å². The normalized spacial score (nSPS) is 10.8. The first-order valence-electron chi connectivity index (χ1n) is 8.12. The Kier molecular flexibility index (Phi) is 5.28. The van der Waals surface area contributed by atoms with Crippen molar-refractivity contribution in [3.8, 4) is 0 Å². The first-order chi connectivity index (χ1) is 12.0. The zero-order valence-corrected chi connectivity index (χ0v) is 16.0. The van der Waals surface area contributed by atoms with Gasteiger partial charge in [0.2, 0.25) is 5.95 Å². The summed E-state index contributed by atoms with van der Waals surface area (Å²) in [4.78, 5) is 4.53. The summed E-state index contributed by atoms with van der Waals surface area (Å²) in [5.41, 5.74) is 4.38. The number of hydrogen-bond acceptors (Lipinski definition) is 5. The van der Waals surface area contributed by atoms with Gasteiger partial charge in [-0.25, -0.2) is 0 Å². The first kappa shape index (κ1) is 17.4. The van der Waals surface area contributed by atoms with E-state index in [1.54, 1.807) is 6.20 Å². The van der Waals surface area contributed by atoms with Crippen LogP contribution in [0, 0.1) is 6.92 Å². The van der Waals surface area contributed by atoms with Crippen LogP contribution in [0.5, 0.6) is 0 Å². The Labute approximate surface area is 156 Å². The van der Waals surface area contributed by atoms with E-state index in [0.29, 0.717) is 17.7 Å². The van der Waals surface area contributed by atoms with E-state index in [2.05, 4.69) is 80.7 Å². The predicted molar refractivity (Wildman–Crippen MR) is 106 cm³/mol. The van der Waals surface area contributed by atoms with Crippen molar-refractivity contribution in [2.45, 2.75) is 26.7 Å². The number of halogens is 1. The van der Waals surface area contributed by atoms with Gasteiger partial charge in [-0.05, 0) is 52.0 Å². The minimum Gasteiger partial charge on any atom is -0.338 e. The molecule has 1 aromatic heterocycles. The van der Waals surface area contributed by atoms with Gasteiger partial charge in [-0.1, -0.05) is 44.2 Å². The second-order valence-corrected chi connectivity index (χ2v) is 6.94. The SMILES string of the molecule is Cc1cccc(C(C)C)c1Nc1cnnc(Nc2ccccc2Br)n1. The third kappa shape index (κ3) is 4.14. The molecule has 0 atom stereocenters. The third-order valence-electron chi connectivity index (χ3n) is 3.86. The van der Waals surface area contributed by atoms with Crippen molar-refractivity contribution in [2.24, 2.45) is 0 Å². The van der Waals surface area contributed by atoms with Crippen LogP contribution < -0.4 is 10.6 Å². The fourth-order valence-corrected chi connectivity index (χ4v) is 2.95. The summed E-state index contributed by atoms with van der Waals surface area (Å²) in [7, 11) is 0. The van der Waals surface area contributed by atoms with Crippen LogP contribution in [0.1, 0.15) is 30.9 Å². The van der Waals surface area contributed by atoms with Gasteiger partial charge in [-0.2, -0.15) is 10.1 Å². The molecule has 0 radical (unpaired) electrons. The van der Waals surface area contributed by atoms with Crippen LogP contribution in [0.15, 0.2) is 53.1 Å². The molecule has 0 saturated heterocycles. The summed E-state index contributed by atoms with van der Waals surface area (Å²) < 4.78 is 0.943. The van der Waals surface area contributed by atoms with Crippen LogP contribution in [0.2, 0.25) is 0 Å². The monoisotopic (exact) mass is 397 g/mol. The predicted octanol–water partition coefficient (Wildman–Crippen LogP) is 5.55. The molecular weight excluding hydrogens is 378 g/mol. The largest absolute Gasteiger partial charge is 0.338 e. The first-order valence-corrected chi connectivity index (χ1v) is 8.91. The summed E-state index contributed by atoms with van der Waals surface area (Å²) in [5, 5.41) is 14.7. The second kappa shape index (κ2) is 7.61. The van der Waals surface area contributed by atoms with Crippen molar-refractivity contribution in [3.05, 3.63) is 64.3 Å². The van der Waals surface area contributed by atoms with Crippen LogP contribution in [-0.4, -0.2) is 15.2 Å². The maximum Gasteiger partial charge on any atom is 0.249 e. The molecule has 25 heavy (non-hydrogen) atoms.